The number of rotatable bonds is 3. The average Bonchev–Trinajstić information content (AvgIpc) is 2.80. The van der Waals surface area contributed by atoms with E-state index in [1.807, 2.05) is 0 Å². The van der Waals surface area contributed by atoms with E-state index in [1.54, 1.807) is 12.1 Å². The minimum absolute atomic E-state index is 0.0724. The lowest BCUT2D eigenvalue weighted by atomic mass is 10.2. The maximum atomic E-state index is 12.6. The van der Waals surface area contributed by atoms with Crippen LogP contribution in [-0.2, 0) is 19.7 Å². The van der Waals surface area contributed by atoms with Crippen molar-refractivity contribution in [2.45, 2.75) is 9.79 Å². The van der Waals surface area contributed by atoms with Crippen LogP contribution in [0, 0.1) is 11.3 Å². The molecule has 0 saturated carbocycles. The second-order valence-corrected chi connectivity index (χ2v) is 8.95. The molecule has 0 amide bonds. The van der Waals surface area contributed by atoms with Crippen LogP contribution < -0.4 is 0 Å². The van der Waals surface area contributed by atoms with Gasteiger partial charge in [-0.15, -0.1) is 0 Å². The highest BCUT2D eigenvalue weighted by atomic mass is 32.2. The van der Waals surface area contributed by atoms with E-state index in [0.29, 0.717) is 6.08 Å². The summed E-state index contributed by atoms with van der Waals surface area (Å²) in [4.78, 5) is -1.65. The SMILES string of the molecule is N#CC(=CC1=C(O)c2ccccc2S1(=O)=O)S(=O)(=O)c1ccccc1. The lowest BCUT2D eigenvalue weighted by Crippen LogP contribution is -2.06. The number of benzene rings is 2. The van der Waals surface area contributed by atoms with Crippen LogP contribution in [-0.4, -0.2) is 21.9 Å². The zero-order chi connectivity index (χ0) is 18.2. The highest BCUT2D eigenvalue weighted by Crippen LogP contribution is 2.39. The van der Waals surface area contributed by atoms with Crippen molar-refractivity contribution in [3.63, 3.8) is 0 Å². The molecule has 6 nitrogen and oxygen atoms in total. The fraction of sp³-hybridized carbons (Fsp3) is 0. The van der Waals surface area contributed by atoms with Crippen molar-refractivity contribution in [3.05, 3.63) is 76.0 Å². The summed E-state index contributed by atoms with van der Waals surface area (Å²) < 4.78 is 50.2. The Kier molecular flexibility index (Phi) is 3.99. The number of aliphatic hydroxyl groups excluding tert-OH is 1. The molecule has 126 valence electrons. The molecule has 0 atom stereocenters. The third-order valence-corrected chi connectivity index (χ3v) is 7.18. The Balaban J connectivity index is 2.21. The molecule has 8 heteroatoms. The molecule has 2 aromatic carbocycles. The van der Waals surface area contributed by atoms with Gasteiger partial charge in [0.2, 0.25) is 19.7 Å². The van der Waals surface area contributed by atoms with Crippen molar-refractivity contribution in [3.8, 4) is 6.07 Å². The van der Waals surface area contributed by atoms with Crippen LogP contribution >= 0.6 is 0 Å². The van der Waals surface area contributed by atoms with Gasteiger partial charge in [0.15, 0.2) is 4.91 Å². The third kappa shape index (κ3) is 2.63. The van der Waals surface area contributed by atoms with Gasteiger partial charge in [0.25, 0.3) is 0 Å². The smallest absolute Gasteiger partial charge is 0.216 e. The summed E-state index contributed by atoms with van der Waals surface area (Å²) in [6.45, 7) is 0. The molecular formula is C17H11NO5S2. The molecule has 0 spiro atoms. The van der Waals surface area contributed by atoms with Crippen LogP contribution in [0.2, 0.25) is 0 Å². The topological polar surface area (TPSA) is 112 Å². The Bertz CT molecular complexity index is 1170. The van der Waals surface area contributed by atoms with Gasteiger partial charge >= 0.3 is 0 Å². The monoisotopic (exact) mass is 373 g/mol. The van der Waals surface area contributed by atoms with E-state index in [-0.39, 0.29) is 15.4 Å². The van der Waals surface area contributed by atoms with Gasteiger partial charge in [-0.3, -0.25) is 0 Å². The van der Waals surface area contributed by atoms with E-state index < -0.39 is 35.2 Å². The zero-order valence-corrected chi connectivity index (χ0v) is 14.3. The quantitative estimate of drug-likeness (QED) is 0.828. The molecule has 0 bridgehead atoms. The number of allylic oxidation sites excluding steroid dienone is 2. The van der Waals surface area contributed by atoms with Crippen molar-refractivity contribution < 1.29 is 21.9 Å². The second kappa shape index (κ2) is 5.88. The molecule has 0 aromatic heterocycles. The Hall–Kier alpha value is -2.89. The Morgan fingerprint density at radius 2 is 1.64 bits per heavy atom. The fourth-order valence-corrected chi connectivity index (χ4v) is 5.26. The maximum Gasteiger partial charge on any atom is 0.216 e. The van der Waals surface area contributed by atoms with Crippen LogP contribution in [0.1, 0.15) is 5.56 Å². The molecule has 0 fully saturated rings. The number of fused-ring (bicyclic) bond motifs is 1. The molecule has 0 aliphatic carbocycles. The maximum absolute atomic E-state index is 12.6. The average molecular weight is 373 g/mol. The van der Waals surface area contributed by atoms with Crippen molar-refractivity contribution in [1.29, 1.82) is 5.26 Å². The molecule has 0 unspecified atom stereocenters. The van der Waals surface area contributed by atoms with E-state index in [4.69, 9.17) is 0 Å². The molecule has 2 aromatic rings. The number of hydrogen-bond acceptors (Lipinski definition) is 6. The van der Waals surface area contributed by atoms with Gasteiger partial charge in [0.1, 0.15) is 16.7 Å². The van der Waals surface area contributed by atoms with E-state index in [2.05, 4.69) is 0 Å². The molecule has 3 rings (SSSR count). The van der Waals surface area contributed by atoms with Crippen molar-refractivity contribution in [2.75, 3.05) is 0 Å². The largest absolute Gasteiger partial charge is 0.506 e. The van der Waals surface area contributed by atoms with Gasteiger partial charge in [-0.2, -0.15) is 5.26 Å². The molecule has 1 heterocycles. The summed E-state index contributed by atoms with van der Waals surface area (Å²) >= 11 is 0. The molecule has 0 saturated heterocycles. The van der Waals surface area contributed by atoms with E-state index in [0.717, 1.165) is 0 Å². The number of hydrogen-bond donors (Lipinski definition) is 1. The Morgan fingerprint density at radius 1 is 1.04 bits per heavy atom. The second-order valence-electron chi connectivity index (χ2n) is 5.15. The third-order valence-electron chi connectivity index (χ3n) is 3.67. The van der Waals surface area contributed by atoms with Crippen LogP contribution in [0.15, 0.2) is 80.3 Å². The van der Waals surface area contributed by atoms with Gasteiger partial charge in [-0.05, 0) is 30.3 Å². The summed E-state index contributed by atoms with van der Waals surface area (Å²) in [7, 11) is -8.31. The van der Waals surface area contributed by atoms with Crippen molar-refractivity contribution in [1.82, 2.24) is 0 Å². The molecule has 1 N–H and O–H groups in total. The number of nitrogens with zero attached hydrogens (tertiary/aromatic N) is 1. The van der Waals surface area contributed by atoms with Gasteiger partial charge in [-0.25, -0.2) is 16.8 Å². The van der Waals surface area contributed by atoms with Crippen molar-refractivity contribution in [2.24, 2.45) is 0 Å². The van der Waals surface area contributed by atoms with E-state index in [9.17, 15) is 27.2 Å². The van der Waals surface area contributed by atoms with Crippen LogP contribution in [0.25, 0.3) is 5.76 Å². The normalized spacial score (nSPS) is 16.4. The number of nitriles is 1. The first-order valence-electron chi connectivity index (χ1n) is 7.00. The summed E-state index contributed by atoms with van der Waals surface area (Å²) in [5.74, 6) is -0.577. The highest BCUT2D eigenvalue weighted by molar-refractivity contribution is 7.97. The molecular weight excluding hydrogens is 362 g/mol. The number of aliphatic hydroxyl groups is 1. The summed E-state index contributed by atoms with van der Waals surface area (Å²) in [5.41, 5.74) is 0.0724. The van der Waals surface area contributed by atoms with Gasteiger partial charge in [0.05, 0.1) is 9.79 Å². The minimum atomic E-state index is -4.21. The fourth-order valence-electron chi connectivity index (χ4n) is 2.44. The predicted octanol–water partition coefficient (Wildman–Crippen LogP) is 2.58. The summed E-state index contributed by atoms with van der Waals surface area (Å²) in [6.07, 6.45) is 0.701. The Morgan fingerprint density at radius 3 is 2.24 bits per heavy atom. The summed E-state index contributed by atoms with van der Waals surface area (Å²) in [5, 5.41) is 19.5. The Labute approximate surface area is 144 Å². The lowest BCUT2D eigenvalue weighted by molar-refractivity contribution is 0.510. The number of sulfone groups is 2. The summed E-state index contributed by atoms with van der Waals surface area (Å²) in [6, 6.07) is 14.4. The molecule has 1 aliphatic rings. The zero-order valence-electron chi connectivity index (χ0n) is 12.6. The van der Waals surface area contributed by atoms with Crippen LogP contribution in [0.4, 0.5) is 0 Å². The van der Waals surface area contributed by atoms with Gasteiger partial charge in [0, 0.05) is 5.56 Å². The first-order chi connectivity index (χ1) is 11.8. The highest BCUT2D eigenvalue weighted by Gasteiger charge is 2.36. The standard InChI is InChI=1S/C17H11NO5S2/c18-11-13(24(20,21)12-6-2-1-3-7-12)10-16-17(19)14-8-4-5-9-15(14)25(16,22)23/h1-10,19H. The van der Waals surface area contributed by atoms with Crippen molar-refractivity contribution >= 4 is 25.4 Å². The predicted molar refractivity (Wildman–Crippen MR) is 90.5 cm³/mol. The van der Waals surface area contributed by atoms with Crippen LogP contribution in [0.3, 0.4) is 0 Å². The first-order valence-corrected chi connectivity index (χ1v) is 9.96. The van der Waals surface area contributed by atoms with E-state index in [1.165, 1.54) is 48.5 Å². The van der Waals surface area contributed by atoms with Gasteiger partial charge in [-0.1, -0.05) is 30.3 Å². The minimum Gasteiger partial charge on any atom is -0.506 e. The van der Waals surface area contributed by atoms with Crippen LogP contribution in [0.5, 0.6) is 0 Å². The first kappa shape index (κ1) is 17.0. The molecule has 0 radical (unpaired) electrons. The van der Waals surface area contributed by atoms with Gasteiger partial charge < -0.3 is 5.11 Å². The van der Waals surface area contributed by atoms with E-state index >= 15 is 0 Å². The molecule has 25 heavy (non-hydrogen) atoms. The molecule has 1 aliphatic heterocycles. The lowest BCUT2D eigenvalue weighted by Gasteiger charge is -2.03.